The van der Waals surface area contributed by atoms with Gasteiger partial charge >= 0.3 is 0 Å². The van der Waals surface area contributed by atoms with Crippen molar-refractivity contribution in [2.24, 2.45) is 5.92 Å². The van der Waals surface area contributed by atoms with Crippen LogP contribution in [0.4, 0.5) is 11.5 Å². The standard InChI is InChI=1S/C40H39Cl2N7O/c1-25(26-11-13-29(41)14-12-26)49-24-45-37(27-6-3-2-4-7-27)38(49)36-32-16-15-30(42)22-34(32)47-35(36)23-44-33-8-5-19-43-39(33)48-20-17-31(18-21-48)46-40(50)28-9-10-28/h2-8,11-16,19,22,24-25,28,31,44,47H,9-10,17-18,20-21,23H2,1H3,(H,46,50). The lowest BCUT2D eigenvalue weighted by Gasteiger charge is -2.34. The van der Waals surface area contributed by atoms with Crippen molar-refractivity contribution in [3.8, 4) is 22.5 Å². The number of fused-ring (bicyclic) bond motifs is 1. The number of aromatic nitrogens is 4. The van der Waals surface area contributed by atoms with Gasteiger partial charge in [0, 0.05) is 69.0 Å². The molecule has 2 aliphatic rings. The van der Waals surface area contributed by atoms with E-state index in [1.165, 1.54) is 0 Å². The van der Waals surface area contributed by atoms with Crippen LogP contribution in [0, 0.1) is 5.92 Å². The number of halogens is 2. The molecular weight excluding hydrogens is 665 g/mol. The number of carbonyl (C=O) groups is 1. The number of anilines is 2. The van der Waals surface area contributed by atoms with Crippen molar-refractivity contribution in [1.29, 1.82) is 0 Å². The fourth-order valence-electron chi connectivity index (χ4n) is 7.11. The third-order valence-electron chi connectivity index (χ3n) is 10.0. The Bertz CT molecular complexity index is 2130. The number of hydrogen-bond donors (Lipinski definition) is 3. The zero-order valence-electron chi connectivity index (χ0n) is 27.9. The lowest BCUT2D eigenvalue weighted by atomic mass is 10.00. The quantitative estimate of drug-likeness (QED) is 0.132. The molecule has 1 unspecified atom stereocenters. The van der Waals surface area contributed by atoms with Gasteiger partial charge in [0.2, 0.25) is 5.91 Å². The zero-order valence-corrected chi connectivity index (χ0v) is 29.4. The molecule has 1 amide bonds. The first-order valence-corrected chi connectivity index (χ1v) is 18.1. The van der Waals surface area contributed by atoms with Crippen molar-refractivity contribution in [3.05, 3.63) is 119 Å². The molecule has 3 aromatic carbocycles. The number of benzene rings is 3. The summed E-state index contributed by atoms with van der Waals surface area (Å²) in [6, 6.07) is 28.6. The number of rotatable bonds is 10. The van der Waals surface area contributed by atoms with Crippen LogP contribution >= 0.6 is 23.2 Å². The summed E-state index contributed by atoms with van der Waals surface area (Å²) in [5, 5.41) is 9.44. The van der Waals surface area contributed by atoms with Crippen LogP contribution in [-0.4, -0.2) is 44.6 Å². The van der Waals surface area contributed by atoms with Crippen LogP contribution in [0.15, 0.2) is 97.5 Å². The maximum Gasteiger partial charge on any atom is 0.223 e. The van der Waals surface area contributed by atoms with Gasteiger partial charge in [-0.1, -0.05) is 71.7 Å². The number of nitrogens with one attached hydrogen (secondary N) is 3. The van der Waals surface area contributed by atoms with Crippen LogP contribution in [0.1, 0.15) is 49.9 Å². The number of aromatic amines is 1. The highest BCUT2D eigenvalue weighted by atomic mass is 35.5. The largest absolute Gasteiger partial charge is 0.376 e. The molecule has 0 radical (unpaired) electrons. The van der Waals surface area contributed by atoms with Crippen LogP contribution in [0.2, 0.25) is 10.0 Å². The smallest absolute Gasteiger partial charge is 0.223 e. The molecule has 10 heteroatoms. The molecule has 1 aliphatic carbocycles. The van der Waals surface area contributed by atoms with E-state index in [1.807, 2.05) is 61.1 Å². The van der Waals surface area contributed by atoms with Gasteiger partial charge in [-0.3, -0.25) is 4.79 Å². The zero-order chi connectivity index (χ0) is 34.2. The summed E-state index contributed by atoms with van der Waals surface area (Å²) in [7, 11) is 0. The molecule has 3 aromatic heterocycles. The first-order valence-electron chi connectivity index (χ1n) is 17.4. The van der Waals surface area contributed by atoms with Gasteiger partial charge < -0.3 is 25.1 Å². The summed E-state index contributed by atoms with van der Waals surface area (Å²) in [5.41, 5.74) is 8.09. The van der Waals surface area contributed by atoms with E-state index in [0.29, 0.717) is 16.6 Å². The average molecular weight is 705 g/mol. The highest BCUT2D eigenvalue weighted by molar-refractivity contribution is 6.31. The van der Waals surface area contributed by atoms with E-state index in [-0.39, 0.29) is 23.9 Å². The van der Waals surface area contributed by atoms with Crippen molar-refractivity contribution in [1.82, 2.24) is 24.8 Å². The molecule has 3 N–H and O–H groups in total. The summed E-state index contributed by atoms with van der Waals surface area (Å²) in [6.07, 6.45) is 7.64. The van der Waals surface area contributed by atoms with Gasteiger partial charge in [-0.05, 0) is 74.6 Å². The van der Waals surface area contributed by atoms with Crippen LogP contribution in [0.5, 0.6) is 0 Å². The number of nitrogens with zero attached hydrogens (tertiary/aromatic N) is 4. The number of H-pyrrole nitrogens is 1. The minimum atomic E-state index is -0.0211. The second-order valence-corrected chi connectivity index (χ2v) is 14.3. The minimum absolute atomic E-state index is 0.0211. The van der Waals surface area contributed by atoms with Gasteiger partial charge in [0.05, 0.1) is 36.0 Å². The van der Waals surface area contributed by atoms with Gasteiger partial charge in [0.15, 0.2) is 5.82 Å². The highest BCUT2D eigenvalue weighted by Crippen LogP contribution is 2.42. The second kappa shape index (κ2) is 13.8. The van der Waals surface area contributed by atoms with E-state index in [1.54, 1.807) is 0 Å². The Hall–Kier alpha value is -4.79. The SMILES string of the molecule is CC(c1ccc(Cl)cc1)n1cnc(-c2ccccc2)c1-c1c(CNc2cccnc2N2CCC(NC(=O)C3CC3)CC2)[nH]c2cc(Cl)ccc12. The first kappa shape index (κ1) is 32.4. The maximum atomic E-state index is 12.4. The van der Waals surface area contributed by atoms with E-state index in [9.17, 15) is 4.79 Å². The topological polar surface area (TPSA) is 90.9 Å². The third-order valence-corrected chi connectivity index (χ3v) is 10.5. The molecule has 2 fully saturated rings. The van der Waals surface area contributed by atoms with E-state index < -0.39 is 0 Å². The summed E-state index contributed by atoms with van der Waals surface area (Å²) < 4.78 is 2.26. The normalized spacial score (nSPS) is 15.7. The van der Waals surface area contributed by atoms with Crippen LogP contribution in [0.3, 0.4) is 0 Å². The molecular formula is C40H39Cl2N7O. The summed E-state index contributed by atoms with van der Waals surface area (Å²) in [4.78, 5) is 28.3. The van der Waals surface area contributed by atoms with Crippen molar-refractivity contribution >= 4 is 51.5 Å². The number of hydrogen-bond acceptors (Lipinski definition) is 5. The molecule has 254 valence electrons. The molecule has 0 spiro atoms. The highest BCUT2D eigenvalue weighted by Gasteiger charge is 2.32. The van der Waals surface area contributed by atoms with Crippen molar-refractivity contribution < 1.29 is 4.79 Å². The number of pyridine rings is 1. The van der Waals surface area contributed by atoms with Crippen LogP contribution in [-0.2, 0) is 11.3 Å². The molecule has 50 heavy (non-hydrogen) atoms. The van der Waals surface area contributed by atoms with Crippen molar-refractivity contribution in [3.63, 3.8) is 0 Å². The van der Waals surface area contributed by atoms with Gasteiger partial charge in [-0.2, -0.15) is 0 Å². The van der Waals surface area contributed by atoms with Gasteiger partial charge in [-0.25, -0.2) is 9.97 Å². The van der Waals surface area contributed by atoms with Gasteiger partial charge in [-0.15, -0.1) is 0 Å². The van der Waals surface area contributed by atoms with E-state index in [4.69, 9.17) is 33.2 Å². The predicted molar refractivity (Wildman–Crippen MR) is 203 cm³/mol. The number of carbonyl (C=O) groups excluding carboxylic acids is 1. The Balaban J connectivity index is 1.15. The molecule has 4 heterocycles. The molecule has 8 rings (SSSR count). The molecule has 1 aliphatic heterocycles. The molecule has 1 saturated carbocycles. The first-order chi connectivity index (χ1) is 24.4. The molecule has 6 aromatic rings. The Kier molecular flexibility index (Phi) is 8.98. The number of imidazole rings is 1. The van der Waals surface area contributed by atoms with Gasteiger partial charge in [0.1, 0.15) is 0 Å². The average Bonchev–Trinajstić information content (AvgIpc) is 3.82. The monoisotopic (exact) mass is 703 g/mol. The maximum absolute atomic E-state index is 12.4. The third kappa shape index (κ3) is 6.57. The number of piperidine rings is 1. The fraction of sp³-hybridized carbons (Fsp3) is 0.275. The minimum Gasteiger partial charge on any atom is -0.376 e. The van der Waals surface area contributed by atoms with E-state index >= 15 is 0 Å². The van der Waals surface area contributed by atoms with E-state index in [2.05, 4.69) is 68.4 Å². The Labute approximate surface area is 301 Å². The molecule has 1 atom stereocenters. The molecule has 0 bridgehead atoms. The van der Waals surface area contributed by atoms with Gasteiger partial charge in [0.25, 0.3) is 0 Å². The Morgan fingerprint density at radius 2 is 1.68 bits per heavy atom. The van der Waals surface area contributed by atoms with E-state index in [0.717, 1.165) is 95.0 Å². The lowest BCUT2D eigenvalue weighted by molar-refractivity contribution is -0.123. The fourth-order valence-corrected chi connectivity index (χ4v) is 7.41. The Morgan fingerprint density at radius 3 is 2.44 bits per heavy atom. The van der Waals surface area contributed by atoms with Crippen LogP contribution < -0.4 is 15.5 Å². The molecule has 8 nitrogen and oxygen atoms in total. The molecule has 1 saturated heterocycles. The Morgan fingerprint density at radius 1 is 0.920 bits per heavy atom. The summed E-state index contributed by atoms with van der Waals surface area (Å²) in [5.74, 6) is 1.37. The van der Waals surface area contributed by atoms with Crippen LogP contribution in [0.25, 0.3) is 33.4 Å². The predicted octanol–water partition coefficient (Wildman–Crippen LogP) is 9.12. The summed E-state index contributed by atoms with van der Waals surface area (Å²) >= 11 is 12.8. The second-order valence-electron chi connectivity index (χ2n) is 13.4. The lowest BCUT2D eigenvalue weighted by Crippen LogP contribution is -2.45. The summed E-state index contributed by atoms with van der Waals surface area (Å²) in [6.45, 7) is 4.37. The van der Waals surface area contributed by atoms with Crippen molar-refractivity contribution in [2.75, 3.05) is 23.3 Å². The van der Waals surface area contributed by atoms with Crippen molar-refractivity contribution in [2.45, 2.75) is 51.2 Å². The number of amides is 1.